The second-order valence-corrected chi connectivity index (χ2v) is 7.85. The van der Waals surface area contributed by atoms with E-state index < -0.39 is 0 Å². The highest BCUT2D eigenvalue weighted by Gasteiger charge is 2.29. The summed E-state index contributed by atoms with van der Waals surface area (Å²) in [6.45, 7) is 4.26. The van der Waals surface area contributed by atoms with Gasteiger partial charge in [0.1, 0.15) is 5.76 Å². The van der Waals surface area contributed by atoms with Gasteiger partial charge in [0.2, 0.25) is 5.91 Å². The molecule has 33 heavy (non-hydrogen) atoms. The first-order chi connectivity index (χ1) is 16.0. The summed E-state index contributed by atoms with van der Waals surface area (Å²) in [5.74, 6) is 0.528. The molecule has 8 heteroatoms. The van der Waals surface area contributed by atoms with Crippen LogP contribution in [0, 0.1) is 25.7 Å². The van der Waals surface area contributed by atoms with E-state index in [2.05, 4.69) is 33.7 Å². The Morgan fingerprint density at radius 1 is 1.27 bits per heavy atom. The van der Waals surface area contributed by atoms with Gasteiger partial charge in [0.05, 0.1) is 12.3 Å². The second-order valence-electron chi connectivity index (χ2n) is 7.85. The summed E-state index contributed by atoms with van der Waals surface area (Å²) < 4.78 is 4.95. The Kier molecular flexibility index (Phi) is 7.82. The van der Waals surface area contributed by atoms with Crippen molar-refractivity contribution in [2.45, 2.75) is 33.1 Å². The number of nitrogens with one attached hydrogen (secondary N) is 2. The maximum Gasteiger partial charge on any atom is 0.277 e. The molecule has 1 aromatic heterocycles. The molecule has 2 N–H and O–H groups in total. The first kappa shape index (κ1) is 23.5. The van der Waals surface area contributed by atoms with Gasteiger partial charge < -0.3 is 15.2 Å². The molecule has 1 aromatic carbocycles. The number of carbonyl (C=O) groups excluding carboxylic acids is 2. The molecule has 2 heterocycles. The number of carbonyl (C=O) groups is 2. The van der Waals surface area contributed by atoms with Crippen LogP contribution in [0.1, 0.15) is 41.6 Å². The maximum atomic E-state index is 12.3. The molecular formula is C25H27N5O3. The number of benzene rings is 1. The maximum absolute atomic E-state index is 12.3. The van der Waals surface area contributed by atoms with E-state index in [4.69, 9.17) is 4.52 Å². The number of rotatable bonds is 7. The number of anilines is 1. The number of hydrogen-bond donors (Lipinski definition) is 2. The highest BCUT2D eigenvalue weighted by molar-refractivity contribution is 6.03. The average Bonchev–Trinajstić information content (AvgIpc) is 3.56. The molecule has 8 nitrogen and oxygen atoms in total. The van der Waals surface area contributed by atoms with Crippen molar-refractivity contribution < 1.29 is 14.1 Å². The topological polar surface area (TPSA) is 99.8 Å². The first-order valence-corrected chi connectivity index (χ1v) is 10.6. The fourth-order valence-electron chi connectivity index (χ4n) is 3.25. The molecule has 170 valence electrons. The highest BCUT2D eigenvalue weighted by Crippen LogP contribution is 2.29. The van der Waals surface area contributed by atoms with Gasteiger partial charge in [0.25, 0.3) is 5.91 Å². The van der Waals surface area contributed by atoms with Crippen molar-refractivity contribution in [3.8, 4) is 12.8 Å². The third-order valence-electron chi connectivity index (χ3n) is 4.90. The number of hydrazone groups is 1. The number of terminal acetylenes is 1. The summed E-state index contributed by atoms with van der Waals surface area (Å²) in [6, 6.07) is 9.21. The largest absolute Gasteiger partial charge is 0.361 e. The SMILES string of the molecule is C#C.C/C(=C\N1CC=CC(Cc2cccc(NC(=O)c3cc(C)on3)c2)=N1)NC(=O)C1CC1. The third-order valence-corrected chi connectivity index (χ3v) is 4.90. The molecule has 2 aliphatic rings. The second kappa shape index (κ2) is 11.0. The Balaban J connectivity index is 0.00000149. The molecule has 0 unspecified atom stereocenters. The van der Waals surface area contributed by atoms with E-state index in [1.807, 2.05) is 54.6 Å². The van der Waals surface area contributed by atoms with Crippen molar-refractivity contribution >= 4 is 23.2 Å². The summed E-state index contributed by atoms with van der Waals surface area (Å²) in [7, 11) is 0. The first-order valence-electron chi connectivity index (χ1n) is 10.6. The molecule has 0 spiro atoms. The van der Waals surface area contributed by atoms with Crippen molar-refractivity contribution in [2.75, 3.05) is 11.9 Å². The van der Waals surface area contributed by atoms with Crippen LogP contribution in [0.3, 0.4) is 0 Å². The van der Waals surface area contributed by atoms with E-state index in [9.17, 15) is 9.59 Å². The van der Waals surface area contributed by atoms with Crippen LogP contribution >= 0.6 is 0 Å². The van der Waals surface area contributed by atoms with E-state index in [1.54, 1.807) is 13.0 Å². The van der Waals surface area contributed by atoms with Gasteiger partial charge in [-0.05, 0) is 50.5 Å². The Hall–Kier alpha value is -4.12. The number of amides is 2. The lowest BCUT2D eigenvalue weighted by Crippen LogP contribution is -2.26. The molecule has 0 bridgehead atoms. The van der Waals surface area contributed by atoms with E-state index >= 15 is 0 Å². The van der Waals surface area contributed by atoms with Crippen molar-refractivity contribution in [1.29, 1.82) is 0 Å². The molecule has 1 fully saturated rings. The van der Waals surface area contributed by atoms with E-state index in [-0.39, 0.29) is 23.4 Å². The number of aryl methyl sites for hydroxylation is 1. The van der Waals surface area contributed by atoms with Crippen LogP contribution < -0.4 is 10.6 Å². The van der Waals surface area contributed by atoms with Crippen molar-refractivity contribution in [3.63, 3.8) is 0 Å². The summed E-state index contributed by atoms with van der Waals surface area (Å²) in [5.41, 5.74) is 3.61. The van der Waals surface area contributed by atoms with Crippen molar-refractivity contribution in [1.82, 2.24) is 15.5 Å². The van der Waals surface area contributed by atoms with Crippen LogP contribution in [-0.4, -0.2) is 34.2 Å². The van der Waals surface area contributed by atoms with Crippen LogP contribution in [0.2, 0.25) is 0 Å². The molecule has 0 saturated heterocycles. The minimum absolute atomic E-state index is 0.0881. The summed E-state index contributed by atoms with van der Waals surface area (Å²) in [4.78, 5) is 24.2. The molecule has 2 amide bonds. The molecule has 1 aliphatic heterocycles. The van der Waals surface area contributed by atoms with Crippen molar-refractivity contribution in [3.05, 3.63) is 71.4 Å². The van der Waals surface area contributed by atoms with Gasteiger partial charge in [-0.2, -0.15) is 5.10 Å². The Bertz CT molecular complexity index is 1120. The third kappa shape index (κ3) is 6.94. The molecule has 2 aromatic rings. The fraction of sp³-hybridized carbons (Fsp3) is 0.280. The minimum atomic E-state index is -0.316. The normalized spacial score (nSPS) is 15.2. The lowest BCUT2D eigenvalue weighted by atomic mass is 10.1. The zero-order chi connectivity index (χ0) is 23.8. The number of hydrogen-bond acceptors (Lipinski definition) is 6. The van der Waals surface area contributed by atoms with Crippen molar-refractivity contribution in [2.24, 2.45) is 11.0 Å². The lowest BCUT2D eigenvalue weighted by Gasteiger charge is -2.19. The van der Waals surface area contributed by atoms with E-state index in [1.165, 1.54) is 0 Å². The van der Waals surface area contributed by atoms with E-state index in [0.29, 0.717) is 24.4 Å². The average molecular weight is 446 g/mol. The monoisotopic (exact) mass is 445 g/mol. The fourth-order valence-corrected chi connectivity index (χ4v) is 3.25. The zero-order valence-corrected chi connectivity index (χ0v) is 18.7. The Morgan fingerprint density at radius 3 is 2.76 bits per heavy atom. The predicted octanol–water partition coefficient (Wildman–Crippen LogP) is 3.64. The van der Waals surface area contributed by atoms with Gasteiger partial charge >= 0.3 is 0 Å². The van der Waals surface area contributed by atoms with Crippen LogP contribution in [-0.2, 0) is 11.2 Å². The quantitative estimate of drug-likeness (QED) is 0.634. The Morgan fingerprint density at radius 2 is 2.06 bits per heavy atom. The van der Waals surface area contributed by atoms with Crippen LogP contribution in [0.5, 0.6) is 0 Å². The standard InChI is InChI=1S/C23H25N5O3.C2H2/c1-15(24-22(29)18-8-9-18)14-28-10-4-7-20(26-28)13-17-5-3-6-19(12-17)25-23(30)21-11-16(2)31-27-21;1-2/h3-7,11-12,14,18H,8-10,13H2,1-2H3,(H,24,29)(H,25,30);1-2H/b15-14+;. The molecule has 4 rings (SSSR count). The summed E-state index contributed by atoms with van der Waals surface area (Å²) >= 11 is 0. The van der Waals surface area contributed by atoms with Gasteiger partial charge in [-0.25, -0.2) is 0 Å². The number of allylic oxidation sites excluding steroid dienone is 2. The highest BCUT2D eigenvalue weighted by atomic mass is 16.5. The van der Waals surface area contributed by atoms with Gasteiger partial charge in [-0.1, -0.05) is 23.4 Å². The predicted molar refractivity (Wildman–Crippen MR) is 127 cm³/mol. The lowest BCUT2D eigenvalue weighted by molar-refractivity contribution is -0.121. The molecule has 1 saturated carbocycles. The van der Waals surface area contributed by atoms with Gasteiger partial charge in [0.15, 0.2) is 5.69 Å². The summed E-state index contributed by atoms with van der Waals surface area (Å²) in [5, 5.41) is 16.0. The van der Waals surface area contributed by atoms with Crippen LogP contribution in [0.15, 0.2) is 64.0 Å². The number of aromatic nitrogens is 1. The minimum Gasteiger partial charge on any atom is -0.361 e. The van der Waals surface area contributed by atoms with E-state index in [0.717, 1.165) is 29.8 Å². The molecule has 1 aliphatic carbocycles. The Labute approximate surface area is 193 Å². The van der Waals surface area contributed by atoms with Crippen LogP contribution in [0.4, 0.5) is 5.69 Å². The van der Waals surface area contributed by atoms with Gasteiger partial charge in [-0.15, -0.1) is 12.8 Å². The summed E-state index contributed by atoms with van der Waals surface area (Å²) in [6.07, 6.45) is 16.4. The van der Waals surface area contributed by atoms with Gasteiger partial charge in [-0.3, -0.25) is 14.6 Å². The smallest absolute Gasteiger partial charge is 0.277 e. The zero-order valence-electron chi connectivity index (χ0n) is 18.7. The molecule has 0 radical (unpaired) electrons. The van der Waals surface area contributed by atoms with Crippen LogP contribution in [0.25, 0.3) is 0 Å². The molecule has 0 atom stereocenters. The molecular weight excluding hydrogens is 418 g/mol. The van der Waals surface area contributed by atoms with Gasteiger partial charge in [0, 0.05) is 36.0 Å². The number of nitrogens with zero attached hydrogens (tertiary/aromatic N) is 3.